The van der Waals surface area contributed by atoms with E-state index in [1.807, 2.05) is 19.4 Å². The van der Waals surface area contributed by atoms with Gasteiger partial charge >= 0.3 is 0 Å². The monoisotopic (exact) mass is 284 g/mol. The van der Waals surface area contributed by atoms with Gasteiger partial charge in [0.15, 0.2) is 0 Å². The average molecular weight is 284 g/mol. The molecule has 2 unspecified atom stereocenters. The van der Waals surface area contributed by atoms with Gasteiger partial charge in [-0.3, -0.25) is 9.67 Å². The van der Waals surface area contributed by atoms with Crippen LogP contribution in [0.15, 0.2) is 34.7 Å². The molecule has 6 nitrogen and oxygen atoms in total. The molecule has 3 aliphatic rings. The fourth-order valence-corrected chi connectivity index (χ4v) is 3.51. The van der Waals surface area contributed by atoms with Crippen molar-refractivity contribution in [1.82, 2.24) is 20.4 Å². The largest absolute Gasteiger partial charge is 0.350 e. The van der Waals surface area contributed by atoms with Crippen LogP contribution in [-0.2, 0) is 5.54 Å². The molecule has 3 heterocycles. The third-order valence-electron chi connectivity index (χ3n) is 4.83. The molecule has 2 N–H and O–H groups in total. The number of rotatable bonds is 4. The predicted molar refractivity (Wildman–Crippen MR) is 82.4 cm³/mol. The first-order chi connectivity index (χ1) is 10.3. The van der Waals surface area contributed by atoms with Crippen molar-refractivity contribution in [3.8, 4) is 0 Å². The fraction of sp³-hybridized carbons (Fsp3) is 0.533. The van der Waals surface area contributed by atoms with Gasteiger partial charge in [-0.2, -0.15) is 5.10 Å². The second kappa shape index (κ2) is 4.80. The molecule has 0 saturated heterocycles. The topological polar surface area (TPSA) is 66.6 Å². The summed E-state index contributed by atoms with van der Waals surface area (Å²) in [6, 6.07) is 0.0872. The summed E-state index contributed by atoms with van der Waals surface area (Å²) >= 11 is 0. The molecule has 2 atom stereocenters. The maximum atomic E-state index is 4.64. The lowest BCUT2D eigenvalue weighted by Gasteiger charge is -2.42. The lowest BCUT2D eigenvalue weighted by molar-refractivity contribution is 0.124. The molecule has 0 bridgehead atoms. The molecule has 110 valence electrons. The predicted octanol–water partition coefficient (Wildman–Crippen LogP) is 1.20. The molecule has 0 spiro atoms. The maximum Gasteiger partial charge on any atom is 0.117 e. The van der Waals surface area contributed by atoms with Gasteiger partial charge in [-0.1, -0.05) is 6.08 Å². The van der Waals surface area contributed by atoms with Crippen LogP contribution in [0.5, 0.6) is 0 Å². The zero-order valence-corrected chi connectivity index (χ0v) is 12.2. The van der Waals surface area contributed by atoms with Crippen LogP contribution in [0.3, 0.4) is 0 Å². The quantitative estimate of drug-likeness (QED) is 0.873. The summed E-state index contributed by atoms with van der Waals surface area (Å²) in [5.74, 6) is 1.20. The summed E-state index contributed by atoms with van der Waals surface area (Å²) in [4.78, 5) is 8.85. The summed E-state index contributed by atoms with van der Waals surface area (Å²) in [6.07, 6.45) is 13.5. The Morgan fingerprint density at radius 3 is 3.14 bits per heavy atom. The van der Waals surface area contributed by atoms with Gasteiger partial charge in [0.2, 0.25) is 0 Å². The SMILES string of the molecule is CNCC1(n2cc(C3N=CN=C4NC=CC43)cn2)CCC1. The highest BCUT2D eigenvalue weighted by atomic mass is 15.3. The number of hydrogen-bond donors (Lipinski definition) is 2. The minimum Gasteiger partial charge on any atom is -0.350 e. The first-order valence-corrected chi connectivity index (χ1v) is 7.55. The minimum atomic E-state index is 0.0872. The number of likely N-dealkylation sites (N-methyl/N-ethyl adjacent to an activating group) is 1. The molecule has 1 saturated carbocycles. The number of hydrogen-bond acceptors (Lipinski definition) is 5. The third kappa shape index (κ3) is 1.93. The van der Waals surface area contributed by atoms with Gasteiger partial charge in [0.05, 0.1) is 23.7 Å². The fourth-order valence-electron chi connectivity index (χ4n) is 3.51. The standard InChI is InChI=1S/C15H20N6/c1-16-9-15(4-2-5-15)21-8-11(7-20-21)13-12-3-6-17-14(12)19-10-18-13/h3,6-8,10,12-13,16H,2,4-5,9H2,1H3,(H,17,18,19). The molecule has 0 aromatic carbocycles. The highest BCUT2D eigenvalue weighted by Crippen LogP contribution is 2.39. The van der Waals surface area contributed by atoms with Crippen LogP contribution >= 0.6 is 0 Å². The second-order valence-electron chi connectivity index (χ2n) is 6.08. The molecule has 1 fully saturated rings. The van der Waals surface area contributed by atoms with Gasteiger partial charge in [0, 0.05) is 18.3 Å². The molecule has 2 aliphatic heterocycles. The van der Waals surface area contributed by atoms with Crippen LogP contribution in [0.2, 0.25) is 0 Å². The van der Waals surface area contributed by atoms with E-state index >= 15 is 0 Å². The molecule has 4 rings (SSSR count). The molecule has 1 aromatic heterocycles. The molecule has 21 heavy (non-hydrogen) atoms. The van der Waals surface area contributed by atoms with Gasteiger partial charge in [-0.25, -0.2) is 4.99 Å². The molecule has 0 radical (unpaired) electrons. The van der Waals surface area contributed by atoms with Crippen molar-refractivity contribution >= 4 is 12.2 Å². The zero-order chi connectivity index (χ0) is 14.3. The Hall–Kier alpha value is -1.95. The third-order valence-corrected chi connectivity index (χ3v) is 4.83. The minimum absolute atomic E-state index is 0.0872. The van der Waals surface area contributed by atoms with Gasteiger partial charge in [-0.05, 0) is 32.5 Å². The number of aromatic nitrogens is 2. The van der Waals surface area contributed by atoms with Crippen LogP contribution in [0.4, 0.5) is 0 Å². The van der Waals surface area contributed by atoms with Crippen molar-refractivity contribution in [3.05, 3.63) is 30.2 Å². The van der Waals surface area contributed by atoms with Crippen molar-refractivity contribution in [1.29, 1.82) is 0 Å². The van der Waals surface area contributed by atoms with Crippen molar-refractivity contribution in [2.45, 2.75) is 30.8 Å². The van der Waals surface area contributed by atoms with E-state index in [9.17, 15) is 0 Å². The van der Waals surface area contributed by atoms with Crippen molar-refractivity contribution in [2.24, 2.45) is 15.9 Å². The number of aliphatic imine (C=N–C) groups is 2. The normalized spacial score (nSPS) is 28.7. The van der Waals surface area contributed by atoms with Crippen molar-refractivity contribution in [2.75, 3.05) is 13.6 Å². The molecular formula is C15H20N6. The summed E-state index contributed by atoms with van der Waals surface area (Å²) < 4.78 is 2.15. The molecule has 1 aliphatic carbocycles. The van der Waals surface area contributed by atoms with Gasteiger partial charge in [0.25, 0.3) is 0 Å². The van der Waals surface area contributed by atoms with E-state index in [0.29, 0.717) is 0 Å². The Balaban J connectivity index is 1.61. The Labute approximate surface area is 124 Å². The lowest BCUT2D eigenvalue weighted by atomic mass is 9.77. The van der Waals surface area contributed by atoms with Crippen LogP contribution in [0.25, 0.3) is 0 Å². The molecule has 1 aromatic rings. The molecular weight excluding hydrogens is 264 g/mol. The van der Waals surface area contributed by atoms with E-state index in [4.69, 9.17) is 0 Å². The van der Waals surface area contributed by atoms with Crippen LogP contribution in [-0.4, -0.2) is 35.5 Å². The van der Waals surface area contributed by atoms with Gasteiger partial charge in [0.1, 0.15) is 12.2 Å². The van der Waals surface area contributed by atoms with Crippen LogP contribution < -0.4 is 10.6 Å². The molecule has 6 heteroatoms. The Kier molecular flexibility index (Phi) is 2.92. The zero-order valence-electron chi connectivity index (χ0n) is 12.2. The van der Waals surface area contributed by atoms with E-state index in [-0.39, 0.29) is 17.5 Å². The summed E-state index contributed by atoms with van der Waals surface area (Å²) in [5, 5.41) is 11.1. The van der Waals surface area contributed by atoms with Crippen LogP contribution in [0.1, 0.15) is 30.9 Å². The maximum absolute atomic E-state index is 4.64. The van der Waals surface area contributed by atoms with E-state index < -0.39 is 0 Å². The van der Waals surface area contributed by atoms with E-state index in [1.165, 1.54) is 24.8 Å². The van der Waals surface area contributed by atoms with Gasteiger partial charge < -0.3 is 10.6 Å². The van der Waals surface area contributed by atoms with E-state index in [0.717, 1.165) is 12.4 Å². The Bertz CT molecular complexity index is 622. The Morgan fingerprint density at radius 1 is 1.48 bits per heavy atom. The van der Waals surface area contributed by atoms with Crippen LogP contribution in [0, 0.1) is 5.92 Å². The van der Waals surface area contributed by atoms with E-state index in [2.05, 4.69) is 42.7 Å². The highest BCUT2D eigenvalue weighted by Gasteiger charge is 2.40. The van der Waals surface area contributed by atoms with E-state index in [1.54, 1.807) is 6.34 Å². The summed E-state index contributed by atoms with van der Waals surface area (Å²) in [7, 11) is 2.01. The second-order valence-corrected chi connectivity index (χ2v) is 6.08. The number of nitrogens with zero attached hydrogens (tertiary/aromatic N) is 4. The summed E-state index contributed by atoms with van der Waals surface area (Å²) in [5.41, 5.74) is 1.32. The summed E-state index contributed by atoms with van der Waals surface area (Å²) in [6.45, 7) is 0.972. The smallest absolute Gasteiger partial charge is 0.117 e. The highest BCUT2D eigenvalue weighted by molar-refractivity contribution is 5.96. The average Bonchev–Trinajstić information content (AvgIpc) is 3.11. The number of amidine groups is 1. The first-order valence-electron chi connectivity index (χ1n) is 7.55. The van der Waals surface area contributed by atoms with Crippen molar-refractivity contribution < 1.29 is 0 Å². The first kappa shape index (κ1) is 12.8. The number of nitrogens with one attached hydrogen (secondary N) is 2. The molecule has 0 amide bonds. The lowest BCUT2D eigenvalue weighted by Crippen LogP contribution is -2.48. The Morgan fingerprint density at radius 2 is 2.38 bits per heavy atom. The number of fused-ring (bicyclic) bond motifs is 1. The van der Waals surface area contributed by atoms with Gasteiger partial charge in [-0.15, -0.1) is 0 Å². The van der Waals surface area contributed by atoms with Crippen molar-refractivity contribution in [3.63, 3.8) is 0 Å².